The molecule has 0 saturated heterocycles. The van der Waals surface area contributed by atoms with Gasteiger partial charge in [0.1, 0.15) is 0 Å². The zero-order chi connectivity index (χ0) is 22.6. The van der Waals surface area contributed by atoms with Gasteiger partial charge in [-0.15, -0.1) is 0 Å². The number of aromatic nitrogens is 2. The minimum atomic E-state index is -3.87. The van der Waals surface area contributed by atoms with Gasteiger partial charge in [0.15, 0.2) is 5.03 Å². The van der Waals surface area contributed by atoms with Crippen LogP contribution in [0.15, 0.2) is 113 Å². The van der Waals surface area contributed by atoms with E-state index in [1.165, 1.54) is 0 Å². The van der Waals surface area contributed by atoms with Crippen LogP contribution in [-0.4, -0.2) is 18.0 Å². The Morgan fingerprint density at radius 3 is 2.00 bits per heavy atom. The van der Waals surface area contributed by atoms with Gasteiger partial charge >= 0.3 is 0 Å². The highest BCUT2D eigenvalue weighted by molar-refractivity contribution is 7.91. The third-order valence-electron chi connectivity index (χ3n) is 6.11. The normalized spacial score (nSPS) is 12.0. The van der Waals surface area contributed by atoms with Crippen LogP contribution in [0.2, 0.25) is 0 Å². The molecule has 0 saturated carbocycles. The Morgan fingerprint density at radius 2 is 1.27 bits per heavy atom. The van der Waals surface area contributed by atoms with Crippen LogP contribution in [0.1, 0.15) is 5.56 Å². The minimum Gasteiger partial charge on any atom is -0.230 e. The van der Waals surface area contributed by atoms with Crippen molar-refractivity contribution in [3.63, 3.8) is 0 Å². The fraction of sp³-hybridized carbons (Fsp3) is 0.0357. The van der Waals surface area contributed by atoms with Crippen LogP contribution in [-0.2, 0) is 9.84 Å². The van der Waals surface area contributed by atoms with E-state index in [0.29, 0.717) is 5.56 Å². The molecule has 0 unspecified atom stereocenters. The summed E-state index contributed by atoms with van der Waals surface area (Å²) in [5.41, 5.74) is 4.11. The molecule has 0 N–H and O–H groups in total. The summed E-state index contributed by atoms with van der Waals surface area (Å²) in [6.45, 7) is 1.94. The maximum absolute atomic E-state index is 13.9. The van der Waals surface area contributed by atoms with Gasteiger partial charge in [-0.25, -0.2) is 12.9 Å². The molecule has 0 spiro atoms. The predicted octanol–water partition coefficient (Wildman–Crippen LogP) is 6.45. The lowest BCUT2D eigenvalue weighted by molar-refractivity contribution is 0.591. The lowest BCUT2D eigenvalue weighted by atomic mass is 10.0. The minimum absolute atomic E-state index is 0.0686. The fourth-order valence-corrected chi connectivity index (χ4v) is 5.90. The Hall–Kier alpha value is -3.96. The van der Waals surface area contributed by atoms with E-state index in [1.807, 2.05) is 85.8 Å². The number of hydrogen-bond acceptors (Lipinski definition) is 3. The summed E-state index contributed by atoms with van der Waals surface area (Å²) in [4.78, 5) is 0.238. The molecule has 2 heterocycles. The second-order valence-electron chi connectivity index (χ2n) is 8.19. The molecular formula is C28H20N2O2S. The van der Waals surface area contributed by atoms with Crippen LogP contribution in [0, 0.1) is 6.92 Å². The molecule has 2 aromatic heterocycles. The molecule has 4 nitrogen and oxygen atoms in total. The van der Waals surface area contributed by atoms with Crippen molar-refractivity contribution in [1.29, 1.82) is 0 Å². The number of nitrogens with zero attached hydrogens (tertiary/aromatic N) is 2. The van der Waals surface area contributed by atoms with Gasteiger partial charge in [-0.1, -0.05) is 90.5 Å². The van der Waals surface area contributed by atoms with Gasteiger partial charge in [0.05, 0.1) is 15.9 Å². The van der Waals surface area contributed by atoms with Crippen molar-refractivity contribution < 1.29 is 8.42 Å². The first-order valence-corrected chi connectivity index (χ1v) is 12.2. The number of rotatable bonds is 3. The number of benzene rings is 4. The van der Waals surface area contributed by atoms with E-state index < -0.39 is 9.84 Å². The Labute approximate surface area is 191 Å². The second-order valence-corrected chi connectivity index (χ2v) is 10.1. The number of aryl methyl sites for hydroxylation is 1. The van der Waals surface area contributed by atoms with E-state index >= 15 is 0 Å². The summed E-state index contributed by atoms with van der Waals surface area (Å²) < 4.78 is 29.6. The van der Waals surface area contributed by atoms with Crippen molar-refractivity contribution in [2.24, 2.45) is 0 Å². The number of para-hydroxylation sites is 1. The van der Waals surface area contributed by atoms with Crippen molar-refractivity contribution in [2.45, 2.75) is 16.8 Å². The molecule has 0 aliphatic rings. The van der Waals surface area contributed by atoms with Crippen LogP contribution in [0.3, 0.4) is 0 Å². The summed E-state index contributed by atoms with van der Waals surface area (Å²) in [6.07, 6.45) is 0. The Morgan fingerprint density at radius 1 is 0.667 bits per heavy atom. The smallest absolute Gasteiger partial charge is 0.226 e. The highest BCUT2D eigenvalue weighted by atomic mass is 32.2. The van der Waals surface area contributed by atoms with Crippen molar-refractivity contribution in [2.75, 3.05) is 0 Å². The molecule has 0 aliphatic carbocycles. The van der Waals surface area contributed by atoms with Gasteiger partial charge in [0.25, 0.3) is 0 Å². The van der Waals surface area contributed by atoms with E-state index in [2.05, 4.69) is 12.1 Å². The summed E-state index contributed by atoms with van der Waals surface area (Å²) >= 11 is 0. The molecule has 0 aliphatic heterocycles. The third kappa shape index (κ3) is 2.97. The van der Waals surface area contributed by atoms with Crippen molar-refractivity contribution in [1.82, 2.24) is 9.61 Å². The number of fused-ring (bicyclic) bond motifs is 6. The molecule has 4 aromatic carbocycles. The maximum Gasteiger partial charge on any atom is 0.226 e. The zero-order valence-electron chi connectivity index (χ0n) is 17.9. The molecule has 0 radical (unpaired) electrons. The Kier molecular flexibility index (Phi) is 4.35. The monoisotopic (exact) mass is 448 g/mol. The first kappa shape index (κ1) is 19.7. The summed E-state index contributed by atoms with van der Waals surface area (Å²) in [5, 5.41) is 7.90. The van der Waals surface area contributed by atoms with Gasteiger partial charge in [0, 0.05) is 16.3 Å². The average molecular weight is 449 g/mol. The molecule has 0 fully saturated rings. The van der Waals surface area contributed by atoms with Gasteiger partial charge < -0.3 is 0 Å². The van der Waals surface area contributed by atoms with Crippen LogP contribution >= 0.6 is 0 Å². The quantitative estimate of drug-likeness (QED) is 0.292. The first-order valence-electron chi connectivity index (χ1n) is 10.7. The Bertz CT molecular complexity index is 1770. The predicted molar refractivity (Wildman–Crippen MR) is 132 cm³/mol. The molecule has 0 amide bonds. The maximum atomic E-state index is 13.9. The molecule has 6 aromatic rings. The van der Waals surface area contributed by atoms with Gasteiger partial charge in [-0.2, -0.15) is 5.10 Å². The van der Waals surface area contributed by atoms with Crippen LogP contribution < -0.4 is 0 Å². The number of hydrogen-bond donors (Lipinski definition) is 0. The molecule has 160 valence electrons. The van der Waals surface area contributed by atoms with Gasteiger partial charge in [-0.3, -0.25) is 0 Å². The van der Waals surface area contributed by atoms with Crippen LogP contribution in [0.4, 0.5) is 0 Å². The third-order valence-corrected chi connectivity index (χ3v) is 7.79. The van der Waals surface area contributed by atoms with E-state index in [4.69, 9.17) is 5.10 Å². The Balaban J connectivity index is 1.84. The largest absolute Gasteiger partial charge is 0.230 e. The van der Waals surface area contributed by atoms with Crippen molar-refractivity contribution in [3.05, 3.63) is 109 Å². The first-order chi connectivity index (χ1) is 16.1. The lowest BCUT2D eigenvalue weighted by Gasteiger charge is -2.09. The summed E-state index contributed by atoms with van der Waals surface area (Å²) in [5.74, 6) is 0. The molecular weight excluding hydrogens is 428 g/mol. The molecule has 0 bridgehead atoms. The summed E-state index contributed by atoms with van der Waals surface area (Å²) in [7, 11) is -3.87. The number of sulfone groups is 1. The van der Waals surface area contributed by atoms with Crippen LogP contribution in [0.5, 0.6) is 0 Å². The molecule has 0 atom stereocenters. The highest BCUT2D eigenvalue weighted by Gasteiger charge is 2.29. The average Bonchev–Trinajstić information content (AvgIpc) is 3.27. The molecule has 5 heteroatoms. The SMILES string of the molecule is Cc1ccc(S(=O)(=O)c2nn3c4ccccc4c4ccccc4c3c2-c2ccccc2)cc1. The second kappa shape index (κ2) is 7.29. The number of pyridine rings is 1. The van der Waals surface area contributed by atoms with Gasteiger partial charge in [0.2, 0.25) is 9.84 Å². The topological polar surface area (TPSA) is 51.4 Å². The standard InChI is InChI=1S/C28H20N2O2S/c1-19-15-17-21(18-16-19)33(31,32)28-26(20-9-3-2-4-10-20)27-24-13-6-5-11-22(24)23-12-7-8-14-25(23)30(27)29-28/h2-18H,1H3. The zero-order valence-corrected chi connectivity index (χ0v) is 18.8. The fourth-order valence-electron chi connectivity index (χ4n) is 4.51. The van der Waals surface area contributed by atoms with E-state index in [-0.39, 0.29) is 9.92 Å². The van der Waals surface area contributed by atoms with Crippen molar-refractivity contribution >= 4 is 37.0 Å². The molecule has 6 rings (SSSR count). The van der Waals surface area contributed by atoms with Crippen molar-refractivity contribution in [3.8, 4) is 11.1 Å². The summed E-state index contributed by atoms with van der Waals surface area (Å²) in [6, 6.07) is 32.7. The van der Waals surface area contributed by atoms with E-state index in [1.54, 1.807) is 16.6 Å². The van der Waals surface area contributed by atoms with E-state index in [0.717, 1.165) is 38.3 Å². The highest BCUT2D eigenvalue weighted by Crippen LogP contribution is 2.40. The van der Waals surface area contributed by atoms with Gasteiger partial charge in [-0.05, 0) is 36.1 Å². The van der Waals surface area contributed by atoms with E-state index in [9.17, 15) is 8.42 Å². The molecule has 33 heavy (non-hydrogen) atoms. The lowest BCUT2D eigenvalue weighted by Crippen LogP contribution is -2.04. The van der Waals surface area contributed by atoms with Crippen LogP contribution in [0.25, 0.3) is 38.3 Å².